The SMILES string of the molecule is CCOc1ccc(S(=O)(=O)Nc2cc(C)c(C(=O)OC)s2)cc1. The minimum absolute atomic E-state index is 0.117. The lowest BCUT2D eigenvalue weighted by atomic mass is 10.3. The summed E-state index contributed by atoms with van der Waals surface area (Å²) in [6, 6.07) is 7.72. The molecule has 0 unspecified atom stereocenters. The third-order valence-electron chi connectivity index (χ3n) is 2.97. The summed E-state index contributed by atoms with van der Waals surface area (Å²) in [6.07, 6.45) is 0. The Bertz CT molecular complexity index is 794. The van der Waals surface area contributed by atoms with Gasteiger partial charge in [-0.15, -0.1) is 11.3 Å². The predicted molar refractivity (Wildman–Crippen MR) is 88.8 cm³/mol. The van der Waals surface area contributed by atoms with Crippen molar-refractivity contribution in [3.63, 3.8) is 0 Å². The summed E-state index contributed by atoms with van der Waals surface area (Å²) in [7, 11) is -2.45. The Morgan fingerprint density at radius 3 is 2.48 bits per heavy atom. The standard InChI is InChI=1S/C15H17NO5S2/c1-4-21-11-5-7-12(8-6-11)23(18,19)16-13-9-10(2)14(22-13)15(17)20-3/h5-9,16H,4H2,1-3H3. The Morgan fingerprint density at radius 1 is 1.26 bits per heavy atom. The molecule has 6 nitrogen and oxygen atoms in total. The van der Waals surface area contributed by atoms with Crippen LogP contribution in [0, 0.1) is 6.92 Å². The van der Waals surface area contributed by atoms with Crippen LogP contribution in [0.25, 0.3) is 0 Å². The number of esters is 1. The van der Waals surface area contributed by atoms with Gasteiger partial charge >= 0.3 is 5.97 Å². The van der Waals surface area contributed by atoms with E-state index in [1.807, 2.05) is 6.92 Å². The molecular formula is C15H17NO5S2. The third-order valence-corrected chi connectivity index (χ3v) is 5.61. The minimum atomic E-state index is -3.73. The normalized spacial score (nSPS) is 11.1. The van der Waals surface area contributed by atoms with Crippen molar-refractivity contribution in [3.8, 4) is 5.75 Å². The van der Waals surface area contributed by atoms with E-state index in [9.17, 15) is 13.2 Å². The number of benzene rings is 1. The number of ether oxygens (including phenoxy) is 2. The second-order valence-corrected chi connectivity index (χ2v) is 7.36. The second-order valence-electron chi connectivity index (χ2n) is 4.62. The molecule has 1 N–H and O–H groups in total. The molecule has 0 spiro atoms. The van der Waals surface area contributed by atoms with E-state index in [2.05, 4.69) is 9.46 Å². The number of hydrogen-bond donors (Lipinski definition) is 1. The van der Waals surface area contributed by atoms with Crippen LogP contribution in [0.15, 0.2) is 35.2 Å². The first kappa shape index (κ1) is 17.3. The van der Waals surface area contributed by atoms with Crippen LogP contribution in [0.3, 0.4) is 0 Å². The molecule has 2 rings (SSSR count). The zero-order valence-electron chi connectivity index (χ0n) is 13.0. The molecule has 1 aromatic heterocycles. The second kappa shape index (κ2) is 7.01. The quantitative estimate of drug-likeness (QED) is 0.806. The maximum Gasteiger partial charge on any atom is 0.348 e. The highest BCUT2D eigenvalue weighted by Crippen LogP contribution is 2.29. The van der Waals surface area contributed by atoms with Gasteiger partial charge in [-0.2, -0.15) is 0 Å². The smallest absolute Gasteiger partial charge is 0.348 e. The number of hydrogen-bond acceptors (Lipinski definition) is 6. The van der Waals surface area contributed by atoms with Crippen LogP contribution in [0.2, 0.25) is 0 Å². The molecule has 124 valence electrons. The zero-order valence-corrected chi connectivity index (χ0v) is 14.6. The third kappa shape index (κ3) is 4.02. The number of methoxy groups -OCH3 is 1. The molecular weight excluding hydrogens is 338 g/mol. The fourth-order valence-electron chi connectivity index (χ4n) is 1.90. The van der Waals surface area contributed by atoms with E-state index in [4.69, 9.17) is 4.74 Å². The lowest BCUT2D eigenvalue weighted by Crippen LogP contribution is -2.11. The number of thiophene rings is 1. The van der Waals surface area contributed by atoms with Crippen molar-refractivity contribution in [2.75, 3.05) is 18.4 Å². The molecule has 0 aliphatic carbocycles. The maximum atomic E-state index is 12.4. The molecule has 8 heteroatoms. The van der Waals surface area contributed by atoms with Gasteiger partial charge in [-0.1, -0.05) is 0 Å². The van der Waals surface area contributed by atoms with E-state index in [1.54, 1.807) is 25.1 Å². The molecule has 0 radical (unpaired) electrons. The largest absolute Gasteiger partial charge is 0.494 e. The van der Waals surface area contributed by atoms with Crippen LogP contribution >= 0.6 is 11.3 Å². The lowest BCUT2D eigenvalue weighted by molar-refractivity contribution is 0.0605. The van der Waals surface area contributed by atoms with E-state index >= 15 is 0 Å². The summed E-state index contributed by atoms with van der Waals surface area (Å²) in [5.74, 6) is 0.116. The van der Waals surface area contributed by atoms with Crippen molar-refractivity contribution in [2.45, 2.75) is 18.7 Å². The van der Waals surface area contributed by atoms with Gasteiger partial charge in [0.25, 0.3) is 10.0 Å². The van der Waals surface area contributed by atoms with Crippen LogP contribution in [0.5, 0.6) is 5.75 Å². The summed E-state index contributed by atoms with van der Waals surface area (Å²) in [5, 5.41) is 0.358. The molecule has 1 aromatic carbocycles. The molecule has 0 bridgehead atoms. The zero-order chi connectivity index (χ0) is 17.0. The molecule has 0 atom stereocenters. The lowest BCUT2D eigenvalue weighted by Gasteiger charge is -2.07. The van der Waals surface area contributed by atoms with E-state index in [-0.39, 0.29) is 4.90 Å². The van der Waals surface area contributed by atoms with E-state index in [0.29, 0.717) is 27.8 Å². The highest BCUT2D eigenvalue weighted by molar-refractivity contribution is 7.93. The van der Waals surface area contributed by atoms with Crippen molar-refractivity contribution in [3.05, 3.63) is 40.8 Å². The first-order valence-electron chi connectivity index (χ1n) is 6.81. The molecule has 23 heavy (non-hydrogen) atoms. The first-order chi connectivity index (χ1) is 10.9. The Labute approximate surface area is 139 Å². The topological polar surface area (TPSA) is 81.7 Å². The van der Waals surface area contributed by atoms with Crippen LogP contribution in [0.1, 0.15) is 22.2 Å². The fraction of sp³-hybridized carbons (Fsp3) is 0.267. The van der Waals surface area contributed by atoms with Gasteiger partial charge < -0.3 is 9.47 Å². The van der Waals surface area contributed by atoms with Crippen molar-refractivity contribution >= 4 is 32.3 Å². The molecule has 0 aliphatic heterocycles. The first-order valence-corrected chi connectivity index (χ1v) is 9.11. The number of sulfonamides is 1. The van der Waals surface area contributed by atoms with Crippen LogP contribution in [-0.4, -0.2) is 28.1 Å². The Morgan fingerprint density at radius 2 is 1.91 bits per heavy atom. The monoisotopic (exact) mass is 355 g/mol. The fourth-order valence-corrected chi connectivity index (χ4v) is 4.17. The Hall–Kier alpha value is -2.06. The summed E-state index contributed by atoms with van der Waals surface area (Å²) in [6.45, 7) is 4.08. The average molecular weight is 355 g/mol. The summed E-state index contributed by atoms with van der Waals surface area (Å²) < 4.78 is 37.2. The number of carbonyl (C=O) groups is 1. The predicted octanol–water partition coefficient (Wildman–Crippen LogP) is 3.04. The van der Waals surface area contributed by atoms with Gasteiger partial charge in [0.1, 0.15) is 15.6 Å². The van der Waals surface area contributed by atoms with Crippen molar-refractivity contribution in [1.82, 2.24) is 0 Å². The van der Waals surface area contributed by atoms with Gasteiger partial charge in [0.05, 0.1) is 18.6 Å². The minimum Gasteiger partial charge on any atom is -0.494 e. The number of nitrogens with one attached hydrogen (secondary N) is 1. The molecule has 0 fully saturated rings. The van der Waals surface area contributed by atoms with Gasteiger partial charge in [-0.05, 0) is 49.7 Å². The van der Waals surface area contributed by atoms with Crippen molar-refractivity contribution in [1.29, 1.82) is 0 Å². The van der Waals surface area contributed by atoms with Crippen molar-refractivity contribution in [2.24, 2.45) is 0 Å². The van der Waals surface area contributed by atoms with Crippen LogP contribution < -0.4 is 9.46 Å². The van der Waals surface area contributed by atoms with Gasteiger partial charge in [0.2, 0.25) is 0 Å². The van der Waals surface area contributed by atoms with Gasteiger partial charge in [0.15, 0.2) is 0 Å². The van der Waals surface area contributed by atoms with Gasteiger partial charge in [-0.3, -0.25) is 4.72 Å². The Kier molecular flexibility index (Phi) is 5.27. The Balaban J connectivity index is 2.22. The molecule has 0 saturated carbocycles. The van der Waals surface area contributed by atoms with E-state index < -0.39 is 16.0 Å². The van der Waals surface area contributed by atoms with Gasteiger partial charge in [-0.25, -0.2) is 13.2 Å². The molecule has 0 amide bonds. The summed E-state index contributed by atoms with van der Waals surface area (Å²) in [4.78, 5) is 12.1. The summed E-state index contributed by atoms with van der Waals surface area (Å²) >= 11 is 1.04. The average Bonchev–Trinajstić information content (AvgIpc) is 2.87. The van der Waals surface area contributed by atoms with Gasteiger partial charge in [0, 0.05) is 0 Å². The highest BCUT2D eigenvalue weighted by atomic mass is 32.2. The maximum absolute atomic E-state index is 12.4. The van der Waals surface area contributed by atoms with E-state index in [1.165, 1.54) is 19.2 Å². The molecule has 0 aliphatic rings. The number of aryl methyl sites for hydroxylation is 1. The number of carbonyl (C=O) groups excluding carboxylic acids is 1. The molecule has 1 heterocycles. The molecule has 2 aromatic rings. The number of anilines is 1. The highest BCUT2D eigenvalue weighted by Gasteiger charge is 2.19. The van der Waals surface area contributed by atoms with Crippen molar-refractivity contribution < 1.29 is 22.7 Å². The van der Waals surface area contributed by atoms with Crippen LogP contribution in [-0.2, 0) is 14.8 Å². The van der Waals surface area contributed by atoms with Crippen LogP contribution in [0.4, 0.5) is 5.00 Å². The van der Waals surface area contributed by atoms with E-state index in [0.717, 1.165) is 11.3 Å². The summed E-state index contributed by atoms with van der Waals surface area (Å²) in [5.41, 5.74) is 0.659. The molecule has 0 saturated heterocycles. The number of rotatable bonds is 6.